The number of carbonyl (C=O) groups excluding carboxylic acids is 2. The predicted molar refractivity (Wildman–Crippen MR) is 107 cm³/mol. The van der Waals surface area contributed by atoms with Crippen molar-refractivity contribution in [3.05, 3.63) is 64.6 Å². The SMILES string of the molecule is Cc1ccccc1NC(=O)C(C)OC(=O)CCn1c(=O)n(C)c2ccccc21. The van der Waals surface area contributed by atoms with E-state index in [9.17, 15) is 14.4 Å². The molecule has 146 valence electrons. The van der Waals surface area contributed by atoms with Crippen molar-refractivity contribution in [2.24, 2.45) is 7.05 Å². The van der Waals surface area contributed by atoms with Crippen LogP contribution in [0.25, 0.3) is 11.0 Å². The number of benzene rings is 2. The number of ether oxygens (including phenoxy) is 1. The van der Waals surface area contributed by atoms with Crippen molar-refractivity contribution >= 4 is 28.6 Å². The second kappa shape index (κ2) is 8.12. The lowest BCUT2D eigenvalue weighted by Gasteiger charge is -2.14. The summed E-state index contributed by atoms with van der Waals surface area (Å²) in [6.07, 6.45) is -0.938. The van der Waals surface area contributed by atoms with Gasteiger partial charge in [-0.1, -0.05) is 30.3 Å². The van der Waals surface area contributed by atoms with Gasteiger partial charge in [0.15, 0.2) is 6.10 Å². The molecule has 3 rings (SSSR count). The van der Waals surface area contributed by atoms with Crippen LogP contribution in [-0.2, 0) is 27.9 Å². The van der Waals surface area contributed by atoms with Gasteiger partial charge in [-0.25, -0.2) is 4.79 Å². The number of nitrogens with zero attached hydrogens (tertiary/aromatic N) is 2. The molecule has 0 saturated heterocycles. The Balaban J connectivity index is 1.60. The standard InChI is InChI=1S/C21H23N3O4/c1-14-8-4-5-9-16(14)22-20(26)15(2)28-19(25)12-13-24-18-11-7-6-10-17(18)23(3)21(24)27/h4-11,15H,12-13H2,1-3H3,(H,22,26). The van der Waals surface area contributed by atoms with Crippen LogP contribution in [0.1, 0.15) is 18.9 Å². The van der Waals surface area contributed by atoms with Gasteiger partial charge in [-0.3, -0.25) is 18.7 Å². The van der Waals surface area contributed by atoms with Gasteiger partial charge in [0.25, 0.3) is 5.91 Å². The summed E-state index contributed by atoms with van der Waals surface area (Å²) in [4.78, 5) is 36.8. The van der Waals surface area contributed by atoms with E-state index < -0.39 is 18.0 Å². The molecule has 7 heteroatoms. The Hall–Kier alpha value is -3.35. The molecular weight excluding hydrogens is 358 g/mol. The average molecular weight is 381 g/mol. The largest absolute Gasteiger partial charge is 0.452 e. The Morgan fingerprint density at radius 2 is 1.71 bits per heavy atom. The molecule has 0 bridgehead atoms. The van der Waals surface area contributed by atoms with E-state index in [2.05, 4.69) is 5.32 Å². The highest BCUT2D eigenvalue weighted by molar-refractivity contribution is 5.95. The summed E-state index contributed by atoms with van der Waals surface area (Å²) in [5.74, 6) is -0.933. The van der Waals surface area contributed by atoms with Crippen LogP contribution in [-0.4, -0.2) is 27.1 Å². The van der Waals surface area contributed by atoms with E-state index in [1.54, 1.807) is 17.7 Å². The van der Waals surface area contributed by atoms with Crippen LogP contribution >= 0.6 is 0 Å². The quantitative estimate of drug-likeness (QED) is 0.666. The number of fused-ring (bicyclic) bond motifs is 1. The number of hydrogen-bond acceptors (Lipinski definition) is 4. The molecule has 3 aromatic rings. The van der Waals surface area contributed by atoms with Crippen molar-refractivity contribution in [2.75, 3.05) is 5.32 Å². The van der Waals surface area contributed by atoms with Crippen LogP contribution in [0.2, 0.25) is 0 Å². The van der Waals surface area contributed by atoms with Crippen LogP contribution < -0.4 is 11.0 Å². The molecule has 1 unspecified atom stereocenters. The third-order valence-electron chi connectivity index (χ3n) is 4.67. The Bertz CT molecular complexity index is 1080. The van der Waals surface area contributed by atoms with Gasteiger partial charge in [-0.15, -0.1) is 0 Å². The first-order valence-electron chi connectivity index (χ1n) is 9.08. The monoisotopic (exact) mass is 381 g/mol. The Morgan fingerprint density at radius 3 is 2.43 bits per heavy atom. The maximum atomic E-state index is 12.4. The Kier molecular flexibility index (Phi) is 5.63. The number of nitrogens with one attached hydrogen (secondary N) is 1. The van der Waals surface area contributed by atoms with Crippen molar-refractivity contribution in [3.8, 4) is 0 Å². The molecular formula is C21H23N3O4. The van der Waals surface area contributed by atoms with Crippen LogP contribution in [0.15, 0.2) is 53.3 Å². The molecule has 0 aliphatic heterocycles. The van der Waals surface area contributed by atoms with Gasteiger partial charge in [0, 0.05) is 19.3 Å². The smallest absolute Gasteiger partial charge is 0.328 e. The number of amides is 1. The van der Waals surface area contributed by atoms with Crippen LogP contribution in [0.5, 0.6) is 0 Å². The minimum Gasteiger partial charge on any atom is -0.452 e. The number of para-hydroxylation sites is 3. The minimum atomic E-state index is -0.934. The summed E-state index contributed by atoms with van der Waals surface area (Å²) in [7, 11) is 1.69. The number of imidazole rings is 1. The Morgan fingerprint density at radius 1 is 1.07 bits per heavy atom. The van der Waals surface area contributed by atoms with Crippen LogP contribution in [0, 0.1) is 6.92 Å². The van der Waals surface area contributed by atoms with Crippen molar-refractivity contribution in [1.29, 1.82) is 0 Å². The normalized spacial score (nSPS) is 12.0. The lowest BCUT2D eigenvalue weighted by Crippen LogP contribution is -2.31. The van der Waals surface area contributed by atoms with Gasteiger partial charge < -0.3 is 10.1 Å². The van der Waals surface area contributed by atoms with Crippen LogP contribution in [0.3, 0.4) is 0 Å². The summed E-state index contributed by atoms with van der Waals surface area (Å²) < 4.78 is 8.31. The fourth-order valence-electron chi connectivity index (χ4n) is 3.04. The highest BCUT2D eigenvalue weighted by atomic mass is 16.5. The molecule has 0 aliphatic rings. The van der Waals surface area contributed by atoms with E-state index in [-0.39, 0.29) is 18.7 Å². The van der Waals surface area contributed by atoms with E-state index >= 15 is 0 Å². The number of aromatic nitrogens is 2. The maximum absolute atomic E-state index is 12.4. The molecule has 1 aromatic heterocycles. The van der Waals surface area contributed by atoms with E-state index in [4.69, 9.17) is 4.74 Å². The zero-order chi connectivity index (χ0) is 20.3. The number of hydrogen-bond donors (Lipinski definition) is 1. The van der Waals surface area contributed by atoms with Gasteiger partial charge >= 0.3 is 11.7 Å². The highest BCUT2D eigenvalue weighted by Crippen LogP contribution is 2.14. The zero-order valence-electron chi connectivity index (χ0n) is 16.1. The number of aryl methyl sites for hydroxylation is 3. The predicted octanol–water partition coefficient (Wildman–Crippen LogP) is 2.61. The van der Waals surface area contributed by atoms with E-state index in [0.29, 0.717) is 5.69 Å². The second-order valence-electron chi connectivity index (χ2n) is 6.67. The second-order valence-corrected chi connectivity index (χ2v) is 6.67. The molecule has 0 saturated carbocycles. The molecule has 1 N–H and O–H groups in total. The number of carbonyl (C=O) groups is 2. The zero-order valence-corrected chi connectivity index (χ0v) is 16.1. The topological polar surface area (TPSA) is 82.3 Å². The minimum absolute atomic E-state index is 0.00407. The molecule has 1 amide bonds. The highest BCUT2D eigenvalue weighted by Gasteiger charge is 2.19. The molecule has 1 atom stereocenters. The lowest BCUT2D eigenvalue weighted by molar-refractivity contribution is -0.153. The van der Waals surface area contributed by atoms with Crippen molar-refractivity contribution in [1.82, 2.24) is 9.13 Å². The van der Waals surface area contributed by atoms with E-state index in [0.717, 1.165) is 16.6 Å². The molecule has 2 aromatic carbocycles. The number of rotatable bonds is 6. The van der Waals surface area contributed by atoms with Crippen molar-refractivity contribution in [2.45, 2.75) is 32.9 Å². The summed E-state index contributed by atoms with van der Waals surface area (Å²) in [6.45, 7) is 3.59. The first-order valence-corrected chi connectivity index (χ1v) is 9.08. The van der Waals surface area contributed by atoms with Gasteiger partial charge in [0.1, 0.15) is 0 Å². The summed E-state index contributed by atoms with van der Waals surface area (Å²) in [5.41, 5.74) is 2.96. The molecule has 0 fully saturated rings. The Labute approximate surface area is 162 Å². The first-order chi connectivity index (χ1) is 13.4. The van der Waals surface area contributed by atoms with Gasteiger partial charge in [-0.05, 0) is 37.6 Å². The van der Waals surface area contributed by atoms with E-state index in [1.165, 1.54) is 11.5 Å². The molecule has 0 radical (unpaired) electrons. The molecule has 1 heterocycles. The van der Waals surface area contributed by atoms with Gasteiger partial charge in [-0.2, -0.15) is 0 Å². The first kappa shape index (κ1) is 19.4. The van der Waals surface area contributed by atoms with Gasteiger partial charge in [0.05, 0.1) is 17.5 Å². The number of anilines is 1. The fourth-order valence-corrected chi connectivity index (χ4v) is 3.04. The van der Waals surface area contributed by atoms with E-state index in [1.807, 2.05) is 49.4 Å². The maximum Gasteiger partial charge on any atom is 0.328 e. The molecule has 0 aliphatic carbocycles. The summed E-state index contributed by atoms with van der Waals surface area (Å²) in [5, 5.41) is 2.75. The summed E-state index contributed by atoms with van der Waals surface area (Å²) in [6, 6.07) is 14.8. The molecule has 28 heavy (non-hydrogen) atoms. The van der Waals surface area contributed by atoms with Crippen LogP contribution in [0.4, 0.5) is 5.69 Å². The average Bonchev–Trinajstić information content (AvgIpc) is 2.92. The molecule has 0 spiro atoms. The summed E-state index contributed by atoms with van der Waals surface area (Å²) >= 11 is 0. The number of esters is 1. The molecule has 7 nitrogen and oxygen atoms in total. The third-order valence-corrected chi connectivity index (χ3v) is 4.67. The van der Waals surface area contributed by atoms with Crippen molar-refractivity contribution in [3.63, 3.8) is 0 Å². The van der Waals surface area contributed by atoms with Crippen molar-refractivity contribution < 1.29 is 14.3 Å². The lowest BCUT2D eigenvalue weighted by atomic mass is 10.2. The fraction of sp³-hybridized carbons (Fsp3) is 0.286. The van der Waals surface area contributed by atoms with Gasteiger partial charge in [0.2, 0.25) is 0 Å². The third kappa shape index (κ3) is 3.98.